The van der Waals surface area contributed by atoms with Crippen LogP contribution in [0.1, 0.15) is 52.9 Å². The number of halogens is 2. The second-order valence-corrected chi connectivity index (χ2v) is 10.6. The number of nitrogens with one attached hydrogen (secondary N) is 2. The highest BCUT2D eigenvalue weighted by Gasteiger charge is 2.35. The Bertz CT molecular complexity index is 1410. The minimum Gasteiger partial charge on any atom is -0.394 e. The van der Waals surface area contributed by atoms with Crippen LogP contribution < -0.4 is 10.6 Å². The summed E-state index contributed by atoms with van der Waals surface area (Å²) in [6.07, 6.45) is 3.26. The van der Waals surface area contributed by atoms with E-state index in [4.69, 9.17) is 16.3 Å². The van der Waals surface area contributed by atoms with Crippen molar-refractivity contribution in [3.8, 4) is 11.3 Å². The number of anilines is 1. The number of hydrogen-bond acceptors (Lipinski definition) is 7. The lowest BCUT2D eigenvalue weighted by Crippen LogP contribution is -2.46. The van der Waals surface area contributed by atoms with E-state index in [-0.39, 0.29) is 18.5 Å². The van der Waals surface area contributed by atoms with Gasteiger partial charge in [-0.25, -0.2) is 14.4 Å². The van der Waals surface area contributed by atoms with Crippen LogP contribution in [0.3, 0.4) is 0 Å². The smallest absolute Gasteiger partial charge is 0.255 e. The molecule has 0 radical (unpaired) electrons. The quantitative estimate of drug-likeness (QED) is 0.376. The minimum atomic E-state index is -0.829. The van der Waals surface area contributed by atoms with E-state index < -0.39 is 30.4 Å². The molecule has 210 valence electrons. The Morgan fingerprint density at radius 2 is 2.02 bits per heavy atom. The number of benzene rings is 2. The summed E-state index contributed by atoms with van der Waals surface area (Å²) in [4.78, 5) is 36.9. The van der Waals surface area contributed by atoms with Crippen molar-refractivity contribution in [1.29, 1.82) is 0 Å². The molecule has 2 aliphatic rings. The van der Waals surface area contributed by atoms with Gasteiger partial charge in [0.2, 0.25) is 11.9 Å². The summed E-state index contributed by atoms with van der Waals surface area (Å²) >= 11 is 6.45. The number of ether oxygens (including phenoxy) is 1. The Labute approximate surface area is 236 Å². The van der Waals surface area contributed by atoms with E-state index in [0.29, 0.717) is 52.1 Å². The first-order valence-corrected chi connectivity index (χ1v) is 13.6. The Morgan fingerprint density at radius 1 is 1.25 bits per heavy atom. The first kappa shape index (κ1) is 27.9. The number of aliphatic hydroxyl groups excluding tert-OH is 1. The molecular weight excluding hydrogens is 537 g/mol. The standard InChI is InChI=1S/C29H31ClFN5O4/c1-16-9-20(11-21(31)10-16)25(15-37)34-27(38)17(2)36-14-19-4-3-18(12-23(19)28(36)39)26-24(30)13-32-29(35-26)33-22-5-7-40-8-6-22/h3-4,9-13,17,22,25,37H,5-8,14-15H2,1-2H3,(H,34,38)(H,32,33,35). The van der Waals surface area contributed by atoms with Crippen LogP contribution in [0.25, 0.3) is 11.3 Å². The number of aryl methyl sites for hydroxylation is 1. The van der Waals surface area contributed by atoms with Gasteiger partial charge in [0.1, 0.15) is 11.9 Å². The van der Waals surface area contributed by atoms with Crippen LogP contribution in [-0.2, 0) is 16.1 Å². The molecule has 0 spiro atoms. The zero-order valence-electron chi connectivity index (χ0n) is 22.3. The van der Waals surface area contributed by atoms with Crippen molar-refractivity contribution in [2.45, 2.75) is 51.4 Å². The van der Waals surface area contributed by atoms with Crippen LogP contribution in [0.2, 0.25) is 5.02 Å². The Morgan fingerprint density at radius 3 is 2.75 bits per heavy atom. The molecule has 3 N–H and O–H groups in total. The molecule has 1 aromatic heterocycles. The minimum absolute atomic E-state index is 0.209. The molecule has 3 heterocycles. The highest BCUT2D eigenvalue weighted by Crippen LogP contribution is 2.32. The van der Waals surface area contributed by atoms with Gasteiger partial charge >= 0.3 is 0 Å². The molecule has 40 heavy (non-hydrogen) atoms. The third-order valence-electron chi connectivity index (χ3n) is 7.33. The Kier molecular flexibility index (Phi) is 8.30. The van der Waals surface area contributed by atoms with Crippen LogP contribution in [0.15, 0.2) is 42.6 Å². The third kappa shape index (κ3) is 5.94. The second-order valence-electron chi connectivity index (χ2n) is 10.2. The number of rotatable bonds is 8. The number of aliphatic hydroxyl groups is 1. The summed E-state index contributed by atoms with van der Waals surface area (Å²) in [5, 5.41) is 16.3. The summed E-state index contributed by atoms with van der Waals surface area (Å²) in [7, 11) is 0. The molecule has 2 aromatic carbocycles. The molecule has 2 aliphatic heterocycles. The SMILES string of the molecule is Cc1cc(F)cc(C(CO)NC(=O)C(C)N2Cc3ccc(-c4nc(NC5CCOCC5)ncc4Cl)cc3C2=O)c1. The van der Waals surface area contributed by atoms with Gasteiger partial charge in [-0.2, -0.15) is 0 Å². The number of fused-ring (bicyclic) bond motifs is 1. The maximum absolute atomic E-state index is 13.9. The molecule has 2 amide bonds. The predicted octanol–water partition coefficient (Wildman–Crippen LogP) is 4.03. The molecule has 9 nitrogen and oxygen atoms in total. The van der Waals surface area contributed by atoms with Gasteiger partial charge in [-0.05, 0) is 61.6 Å². The fourth-order valence-corrected chi connectivity index (χ4v) is 5.28. The molecule has 3 aromatic rings. The van der Waals surface area contributed by atoms with Crippen LogP contribution in [0.4, 0.5) is 10.3 Å². The van der Waals surface area contributed by atoms with Gasteiger partial charge in [-0.15, -0.1) is 0 Å². The van der Waals surface area contributed by atoms with Crippen LogP contribution in [0.5, 0.6) is 0 Å². The summed E-state index contributed by atoms with van der Waals surface area (Å²) in [6, 6.07) is 8.35. The van der Waals surface area contributed by atoms with E-state index >= 15 is 0 Å². The molecule has 11 heteroatoms. The number of nitrogens with zero attached hydrogens (tertiary/aromatic N) is 3. The summed E-state index contributed by atoms with van der Waals surface area (Å²) in [6.45, 7) is 4.56. The molecule has 1 saturated heterocycles. The summed E-state index contributed by atoms with van der Waals surface area (Å²) < 4.78 is 19.3. The van der Waals surface area contributed by atoms with Crippen molar-refractivity contribution < 1.29 is 23.8 Å². The fourth-order valence-electron chi connectivity index (χ4n) is 5.08. The Hall–Kier alpha value is -3.60. The van der Waals surface area contributed by atoms with Crippen molar-refractivity contribution >= 4 is 29.4 Å². The predicted molar refractivity (Wildman–Crippen MR) is 148 cm³/mol. The molecule has 0 saturated carbocycles. The molecule has 2 unspecified atom stereocenters. The Balaban J connectivity index is 1.31. The van der Waals surface area contributed by atoms with Crippen molar-refractivity contribution in [2.24, 2.45) is 0 Å². The van der Waals surface area contributed by atoms with E-state index in [1.807, 2.05) is 12.1 Å². The molecule has 1 fully saturated rings. The maximum atomic E-state index is 13.9. The zero-order valence-corrected chi connectivity index (χ0v) is 23.0. The second kappa shape index (κ2) is 11.9. The molecule has 5 rings (SSSR count). The van der Waals surface area contributed by atoms with E-state index in [2.05, 4.69) is 20.6 Å². The lowest BCUT2D eigenvalue weighted by molar-refractivity contribution is -0.126. The van der Waals surface area contributed by atoms with Gasteiger partial charge < -0.3 is 25.4 Å². The highest BCUT2D eigenvalue weighted by atomic mass is 35.5. The van der Waals surface area contributed by atoms with Gasteiger partial charge in [0.25, 0.3) is 5.91 Å². The van der Waals surface area contributed by atoms with E-state index in [1.165, 1.54) is 23.2 Å². The van der Waals surface area contributed by atoms with Gasteiger partial charge in [-0.1, -0.05) is 29.8 Å². The fraction of sp³-hybridized carbons (Fsp3) is 0.379. The van der Waals surface area contributed by atoms with Gasteiger partial charge in [0.15, 0.2) is 0 Å². The summed E-state index contributed by atoms with van der Waals surface area (Å²) in [5.74, 6) is -0.749. The van der Waals surface area contributed by atoms with E-state index in [9.17, 15) is 19.1 Å². The molecule has 0 aliphatic carbocycles. The van der Waals surface area contributed by atoms with Crippen LogP contribution in [-0.4, -0.2) is 63.7 Å². The average Bonchev–Trinajstić information content (AvgIpc) is 3.27. The topological polar surface area (TPSA) is 117 Å². The number of carbonyl (C=O) groups excluding carboxylic acids is 2. The maximum Gasteiger partial charge on any atom is 0.255 e. The lowest BCUT2D eigenvalue weighted by Gasteiger charge is -2.26. The van der Waals surface area contributed by atoms with Gasteiger partial charge in [0, 0.05) is 36.9 Å². The van der Waals surface area contributed by atoms with Crippen molar-refractivity contribution in [2.75, 3.05) is 25.1 Å². The van der Waals surface area contributed by atoms with Gasteiger partial charge in [-0.3, -0.25) is 9.59 Å². The number of aromatic nitrogens is 2. The lowest BCUT2D eigenvalue weighted by atomic mass is 10.0. The van der Waals surface area contributed by atoms with Crippen LogP contribution in [0, 0.1) is 12.7 Å². The van der Waals surface area contributed by atoms with Crippen LogP contribution >= 0.6 is 11.6 Å². The van der Waals surface area contributed by atoms with Crippen molar-refractivity contribution in [3.05, 3.63) is 75.7 Å². The molecular formula is C29H31ClFN5O4. The molecule has 2 atom stereocenters. The van der Waals surface area contributed by atoms with E-state index in [1.54, 1.807) is 26.0 Å². The van der Waals surface area contributed by atoms with Crippen molar-refractivity contribution in [3.63, 3.8) is 0 Å². The highest BCUT2D eigenvalue weighted by molar-refractivity contribution is 6.33. The first-order chi connectivity index (χ1) is 19.2. The monoisotopic (exact) mass is 567 g/mol. The summed E-state index contributed by atoms with van der Waals surface area (Å²) in [5.41, 5.74) is 3.53. The first-order valence-electron chi connectivity index (χ1n) is 13.2. The zero-order chi connectivity index (χ0) is 28.4. The number of amides is 2. The van der Waals surface area contributed by atoms with Gasteiger partial charge in [0.05, 0.1) is 29.6 Å². The third-order valence-corrected chi connectivity index (χ3v) is 7.60. The normalized spacial score (nSPS) is 16.9. The van der Waals surface area contributed by atoms with E-state index in [0.717, 1.165) is 18.4 Å². The number of hydrogen-bond donors (Lipinski definition) is 3. The number of carbonyl (C=O) groups is 2. The molecule has 0 bridgehead atoms. The van der Waals surface area contributed by atoms with Crippen molar-refractivity contribution in [1.82, 2.24) is 20.2 Å². The largest absolute Gasteiger partial charge is 0.394 e. The average molecular weight is 568 g/mol.